The predicted molar refractivity (Wildman–Crippen MR) is 130 cm³/mol. The zero-order valence-corrected chi connectivity index (χ0v) is 20.1. The number of methoxy groups -OCH3 is 1. The van der Waals surface area contributed by atoms with Gasteiger partial charge in [-0.1, -0.05) is 6.07 Å². The van der Waals surface area contributed by atoms with Crippen molar-refractivity contribution in [3.63, 3.8) is 0 Å². The third-order valence-electron chi connectivity index (χ3n) is 5.97. The van der Waals surface area contributed by atoms with Crippen molar-refractivity contribution in [1.29, 1.82) is 0 Å². The molecule has 4 heterocycles. The Morgan fingerprint density at radius 1 is 1.29 bits per heavy atom. The molecule has 1 aliphatic heterocycles. The molecule has 0 radical (unpaired) electrons. The summed E-state index contributed by atoms with van der Waals surface area (Å²) in [6.45, 7) is 0.854. The summed E-state index contributed by atoms with van der Waals surface area (Å²) < 4.78 is 17.6. The van der Waals surface area contributed by atoms with Gasteiger partial charge in [0.25, 0.3) is 5.56 Å². The molecule has 0 unspecified atom stereocenters. The smallest absolute Gasteiger partial charge is 0.325 e. The molecule has 1 saturated heterocycles. The fraction of sp³-hybridized carbons (Fsp3) is 0.409. The van der Waals surface area contributed by atoms with E-state index >= 15 is 0 Å². The van der Waals surface area contributed by atoms with Crippen LogP contribution in [0.15, 0.2) is 41.5 Å². The number of hydrogen-bond donors (Lipinski definition) is 3. The first kappa shape index (κ1) is 24.8. The van der Waals surface area contributed by atoms with Gasteiger partial charge in [-0.3, -0.25) is 14.2 Å². The molecule has 0 atom stereocenters. The van der Waals surface area contributed by atoms with Crippen molar-refractivity contribution in [3.8, 4) is 5.88 Å². The summed E-state index contributed by atoms with van der Waals surface area (Å²) in [6.07, 6.45) is 4.81. The number of amides is 1. The Morgan fingerprint density at radius 2 is 2.06 bits per heavy atom. The van der Waals surface area contributed by atoms with E-state index in [1.165, 1.54) is 13.3 Å². The van der Waals surface area contributed by atoms with E-state index in [4.69, 9.17) is 14.5 Å². The number of carbonyl (C=O) groups is 1. The highest BCUT2D eigenvalue weighted by atomic mass is 31.2. The number of nitrogens with one attached hydrogen (secondary N) is 1. The minimum Gasteiger partial charge on any atom is -0.481 e. The summed E-state index contributed by atoms with van der Waals surface area (Å²) in [6, 6.07) is 6.74. The van der Waals surface area contributed by atoms with Crippen molar-refractivity contribution < 1.29 is 23.9 Å². The van der Waals surface area contributed by atoms with E-state index in [1.807, 2.05) is 4.90 Å². The topological polar surface area (TPSA) is 160 Å². The Balaban J connectivity index is 1.58. The van der Waals surface area contributed by atoms with Crippen LogP contribution in [0.4, 0.5) is 11.6 Å². The van der Waals surface area contributed by atoms with Crippen LogP contribution in [0.2, 0.25) is 0 Å². The highest BCUT2D eigenvalue weighted by Gasteiger charge is 2.26. The van der Waals surface area contributed by atoms with Gasteiger partial charge < -0.3 is 24.7 Å². The van der Waals surface area contributed by atoms with Crippen LogP contribution in [0.25, 0.3) is 10.8 Å². The Morgan fingerprint density at radius 3 is 2.71 bits per heavy atom. The van der Waals surface area contributed by atoms with Gasteiger partial charge in [0.05, 0.1) is 24.9 Å². The van der Waals surface area contributed by atoms with E-state index in [9.17, 15) is 14.2 Å². The summed E-state index contributed by atoms with van der Waals surface area (Å²) in [4.78, 5) is 54.7. The standard InChI is InChI=1S/C22H27N6O6P/c1-34-19-12-16-13-24-28(14-18(29)25-17-4-2-3-8-23-17)22(30)20(16)21(26-19)27-9-5-15(6-10-27)7-11-35(31,32)33/h2-4,8,12-13,15H,5-7,9-11,14H2,1H3,(H,23,25,29)(H2,31,32,33). The molecule has 0 saturated carbocycles. The SMILES string of the molecule is COc1cc2cnn(CC(=O)Nc3ccccn3)c(=O)c2c(N2CCC(CCP(=O)(O)O)CC2)n1. The van der Waals surface area contributed by atoms with Crippen LogP contribution in [0.3, 0.4) is 0 Å². The summed E-state index contributed by atoms with van der Waals surface area (Å²) in [7, 11) is -2.54. The van der Waals surface area contributed by atoms with Gasteiger partial charge in [-0.15, -0.1) is 0 Å². The molecule has 0 aliphatic carbocycles. The quantitative estimate of drug-likeness (QED) is 0.386. The highest BCUT2D eigenvalue weighted by Crippen LogP contribution is 2.38. The van der Waals surface area contributed by atoms with Gasteiger partial charge in [-0.2, -0.15) is 10.1 Å². The number of anilines is 2. The average molecular weight is 502 g/mol. The maximum Gasteiger partial charge on any atom is 0.325 e. The lowest BCUT2D eigenvalue weighted by Crippen LogP contribution is -2.36. The van der Waals surface area contributed by atoms with Crippen molar-refractivity contribution in [2.75, 3.05) is 36.6 Å². The van der Waals surface area contributed by atoms with E-state index in [1.54, 1.807) is 30.5 Å². The van der Waals surface area contributed by atoms with Crippen molar-refractivity contribution in [2.45, 2.75) is 25.8 Å². The number of piperidine rings is 1. The molecule has 1 aliphatic rings. The second-order valence-corrected chi connectivity index (χ2v) is 10.2. The molecule has 4 rings (SSSR count). The minimum atomic E-state index is -4.03. The molecule has 35 heavy (non-hydrogen) atoms. The molecular weight excluding hydrogens is 475 g/mol. The fourth-order valence-electron chi connectivity index (χ4n) is 4.15. The zero-order valence-electron chi connectivity index (χ0n) is 19.2. The molecule has 0 spiro atoms. The maximum atomic E-state index is 13.4. The first-order valence-corrected chi connectivity index (χ1v) is 13.0. The van der Waals surface area contributed by atoms with Gasteiger partial charge in [0.1, 0.15) is 18.2 Å². The van der Waals surface area contributed by atoms with Crippen molar-refractivity contribution in [1.82, 2.24) is 19.7 Å². The van der Waals surface area contributed by atoms with Crippen LogP contribution in [0.1, 0.15) is 19.3 Å². The summed E-state index contributed by atoms with van der Waals surface area (Å²) in [5.41, 5.74) is -0.451. The molecule has 3 aromatic heterocycles. The number of fused-ring (bicyclic) bond motifs is 1. The molecule has 3 N–H and O–H groups in total. The van der Waals surface area contributed by atoms with E-state index in [2.05, 4.69) is 20.4 Å². The van der Waals surface area contributed by atoms with Crippen LogP contribution >= 0.6 is 7.60 Å². The second-order valence-electron chi connectivity index (χ2n) is 8.43. The van der Waals surface area contributed by atoms with Gasteiger partial charge in [0.15, 0.2) is 0 Å². The summed E-state index contributed by atoms with van der Waals surface area (Å²) in [5.74, 6) is 0.901. The zero-order chi connectivity index (χ0) is 25.0. The molecular formula is C22H27N6O6P. The molecule has 3 aromatic rings. The molecule has 0 aromatic carbocycles. The fourth-order valence-corrected chi connectivity index (χ4v) is 4.85. The van der Waals surface area contributed by atoms with Crippen LogP contribution in [-0.4, -0.2) is 61.8 Å². The van der Waals surface area contributed by atoms with Crippen LogP contribution in [0, 0.1) is 5.92 Å². The van der Waals surface area contributed by atoms with Crippen LogP contribution in [0.5, 0.6) is 5.88 Å². The van der Waals surface area contributed by atoms with Crippen molar-refractivity contribution >= 4 is 35.9 Å². The molecule has 12 nitrogen and oxygen atoms in total. The molecule has 1 fully saturated rings. The number of hydrogen-bond acceptors (Lipinski definition) is 8. The highest BCUT2D eigenvalue weighted by molar-refractivity contribution is 7.51. The number of pyridine rings is 2. The Hall–Kier alpha value is -3.34. The normalized spacial score (nSPS) is 14.8. The van der Waals surface area contributed by atoms with Crippen molar-refractivity contribution in [2.24, 2.45) is 5.92 Å². The maximum absolute atomic E-state index is 13.4. The number of rotatable bonds is 8. The van der Waals surface area contributed by atoms with Crippen LogP contribution < -0.4 is 20.5 Å². The first-order valence-electron chi connectivity index (χ1n) is 11.2. The van der Waals surface area contributed by atoms with Crippen molar-refractivity contribution in [3.05, 3.63) is 47.0 Å². The molecule has 186 valence electrons. The Labute approximate surface area is 201 Å². The van der Waals surface area contributed by atoms with Gasteiger partial charge in [-0.05, 0) is 37.3 Å². The summed E-state index contributed by atoms with van der Waals surface area (Å²) >= 11 is 0. The van der Waals surface area contributed by atoms with Crippen LogP contribution in [-0.2, 0) is 15.9 Å². The average Bonchev–Trinajstić information content (AvgIpc) is 2.84. The van der Waals surface area contributed by atoms with Gasteiger partial charge in [0, 0.05) is 30.7 Å². The number of nitrogens with zero attached hydrogens (tertiary/aromatic N) is 5. The van der Waals surface area contributed by atoms with Gasteiger partial charge >= 0.3 is 7.60 Å². The van der Waals surface area contributed by atoms with Gasteiger partial charge in [0.2, 0.25) is 11.8 Å². The first-order chi connectivity index (χ1) is 16.7. The lowest BCUT2D eigenvalue weighted by Gasteiger charge is -2.33. The van der Waals surface area contributed by atoms with E-state index in [0.717, 1.165) is 4.68 Å². The summed E-state index contributed by atoms with van der Waals surface area (Å²) in [5, 5.41) is 7.67. The number of carbonyl (C=O) groups excluding carboxylic acids is 1. The van der Waals surface area contributed by atoms with E-state index in [-0.39, 0.29) is 18.6 Å². The largest absolute Gasteiger partial charge is 0.481 e. The van der Waals surface area contributed by atoms with E-state index < -0.39 is 19.1 Å². The molecule has 13 heteroatoms. The third kappa shape index (κ3) is 6.21. The number of ether oxygens (including phenoxy) is 1. The minimum absolute atomic E-state index is 0.130. The van der Waals surface area contributed by atoms with Gasteiger partial charge in [-0.25, -0.2) is 9.67 Å². The van der Waals surface area contributed by atoms with E-state index in [0.29, 0.717) is 60.6 Å². The number of aromatic nitrogens is 4. The lowest BCUT2D eigenvalue weighted by atomic mass is 9.94. The third-order valence-corrected chi connectivity index (χ3v) is 6.81. The Kier molecular flexibility index (Phi) is 7.44. The molecule has 1 amide bonds. The molecule has 0 bridgehead atoms. The lowest BCUT2D eigenvalue weighted by molar-refractivity contribution is -0.117. The predicted octanol–water partition coefficient (Wildman–Crippen LogP) is 1.62. The monoisotopic (exact) mass is 502 g/mol. The Bertz CT molecular complexity index is 1300. The second kappa shape index (κ2) is 10.5.